The molecule has 1 saturated carbocycles. The number of alkyl halides is 1. The van der Waals surface area contributed by atoms with Crippen LogP contribution >= 0.6 is 43.2 Å². The average Bonchev–Trinajstić information content (AvgIpc) is 2.96. The van der Waals surface area contributed by atoms with Gasteiger partial charge in [-0.2, -0.15) is 0 Å². The maximum absolute atomic E-state index is 12.2. The van der Waals surface area contributed by atoms with Crippen molar-refractivity contribution in [2.75, 3.05) is 11.9 Å². The van der Waals surface area contributed by atoms with Crippen molar-refractivity contribution < 1.29 is 8.42 Å². The van der Waals surface area contributed by atoms with Gasteiger partial charge in [-0.05, 0) is 53.6 Å². The number of aryl methyl sites for hydroxylation is 1. The number of hydrogen-bond acceptors (Lipinski definition) is 3. The molecule has 0 unspecified atom stereocenters. The van der Waals surface area contributed by atoms with Crippen LogP contribution in [0.25, 0.3) is 0 Å². The second-order valence-corrected chi connectivity index (χ2v) is 9.90. The van der Waals surface area contributed by atoms with Crippen LogP contribution in [0.3, 0.4) is 0 Å². The minimum atomic E-state index is -3.37. The zero-order valence-corrected chi connectivity index (χ0v) is 14.8. The van der Waals surface area contributed by atoms with Crippen LogP contribution in [0.1, 0.15) is 24.1 Å². The molecule has 1 aromatic heterocycles. The quantitative estimate of drug-likeness (QED) is 0.719. The van der Waals surface area contributed by atoms with Crippen molar-refractivity contribution in [2.45, 2.75) is 31.1 Å². The van der Waals surface area contributed by atoms with E-state index in [0.29, 0.717) is 11.4 Å². The van der Waals surface area contributed by atoms with Gasteiger partial charge in [0.1, 0.15) is 0 Å². The molecule has 1 fully saturated rings. The lowest BCUT2D eigenvalue weighted by molar-refractivity contribution is 0.480. The molecule has 1 heterocycles. The highest BCUT2D eigenvalue weighted by Crippen LogP contribution is 2.48. The molecule has 3 nitrogen and oxygen atoms in total. The molecule has 0 saturated heterocycles. The lowest BCUT2D eigenvalue weighted by Crippen LogP contribution is -2.30. The number of halogens is 2. The summed E-state index contributed by atoms with van der Waals surface area (Å²) in [6, 6.07) is 1.67. The van der Waals surface area contributed by atoms with Crippen LogP contribution in [0, 0.1) is 12.3 Å². The molecule has 0 bridgehead atoms. The summed E-state index contributed by atoms with van der Waals surface area (Å²) in [5.41, 5.74) is 0.192. The number of thiophene rings is 1. The standard InChI is InChI=1S/C11H15Br2NO2S2/c1-8-9(6-10(13)17-8)18(15,16)14-7-11(2-3-11)4-5-12/h6,14H,2-5,7H2,1H3. The summed E-state index contributed by atoms with van der Waals surface area (Å²) < 4.78 is 28.0. The summed E-state index contributed by atoms with van der Waals surface area (Å²) >= 11 is 8.19. The SMILES string of the molecule is Cc1sc(Br)cc1S(=O)(=O)NCC1(CCBr)CC1. The summed E-state index contributed by atoms with van der Waals surface area (Å²) in [5.74, 6) is 0. The molecule has 18 heavy (non-hydrogen) atoms. The molecule has 0 aliphatic heterocycles. The van der Waals surface area contributed by atoms with Gasteiger partial charge in [0.2, 0.25) is 10.0 Å². The molecule has 2 rings (SSSR count). The first kappa shape index (κ1) is 15.0. The average molecular weight is 417 g/mol. The molecule has 0 aromatic carbocycles. The van der Waals surface area contributed by atoms with Gasteiger partial charge in [-0.3, -0.25) is 0 Å². The van der Waals surface area contributed by atoms with Crippen molar-refractivity contribution in [1.29, 1.82) is 0 Å². The molecule has 1 aromatic rings. The lowest BCUT2D eigenvalue weighted by Gasteiger charge is -2.14. The smallest absolute Gasteiger partial charge is 0.211 e. The van der Waals surface area contributed by atoms with E-state index in [1.807, 2.05) is 6.92 Å². The van der Waals surface area contributed by atoms with Crippen LogP contribution in [0.4, 0.5) is 0 Å². The van der Waals surface area contributed by atoms with Gasteiger partial charge >= 0.3 is 0 Å². The van der Waals surface area contributed by atoms with Crippen molar-refractivity contribution in [2.24, 2.45) is 5.41 Å². The van der Waals surface area contributed by atoms with Crippen LogP contribution in [0.15, 0.2) is 14.7 Å². The van der Waals surface area contributed by atoms with E-state index < -0.39 is 10.0 Å². The fraction of sp³-hybridized carbons (Fsp3) is 0.636. The Balaban J connectivity index is 2.06. The van der Waals surface area contributed by atoms with Gasteiger partial charge in [0.25, 0.3) is 0 Å². The Morgan fingerprint density at radius 1 is 1.50 bits per heavy atom. The van der Waals surface area contributed by atoms with E-state index in [4.69, 9.17) is 0 Å². The molecule has 1 aliphatic carbocycles. The highest BCUT2D eigenvalue weighted by atomic mass is 79.9. The van der Waals surface area contributed by atoms with E-state index in [9.17, 15) is 8.42 Å². The highest BCUT2D eigenvalue weighted by molar-refractivity contribution is 9.11. The predicted octanol–water partition coefficient (Wildman–Crippen LogP) is 3.66. The minimum Gasteiger partial charge on any atom is -0.211 e. The maximum atomic E-state index is 12.2. The van der Waals surface area contributed by atoms with Gasteiger partial charge in [0.15, 0.2) is 0 Å². The fourth-order valence-corrected chi connectivity index (χ4v) is 6.33. The summed E-state index contributed by atoms with van der Waals surface area (Å²) in [6.07, 6.45) is 3.27. The van der Waals surface area contributed by atoms with Crippen LogP contribution in [0.5, 0.6) is 0 Å². The third-order valence-electron chi connectivity index (χ3n) is 3.35. The monoisotopic (exact) mass is 415 g/mol. The summed E-state index contributed by atoms with van der Waals surface area (Å²) in [4.78, 5) is 1.22. The molecule has 1 N–H and O–H groups in total. The molecule has 102 valence electrons. The van der Waals surface area contributed by atoms with E-state index in [0.717, 1.165) is 33.3 Å². The Bertz CT molecular complexity index is 535. The van der Waals surface area contributed by atoms with Gasteiger partial charge in [-0.15, -0.1) is 11.3 Å². The molecule has 0 amide bonds. The molecule has 0 radical (unpaired) electrons. The molecule has 7 heteroatoms. The second kappa shape index (κ2) is 5.52. The first-order chi connectivity index (χ1) is 8.38. The second-order valence-electron chi connectivity index (χ2n) is 4.73. The first-order valence-electron chi connectivity index (χ1n) is 5.70. The van der Waals surface area contributed by atoms with E-state index in [-0.39, 0.29) is 5.41 Å². The van der Waals surface area contributed by atoms with Gasteiger partial charge < -0.3 is 0 Å². The number of hydrogen-bond donors (Lipinski definition) is 1. The summed E-state index contributed by atoms with van der Waals surface area (Å²) in [6.45, 7) is 2.38. The molecule has 1 aliphatic rings. The number of rotatable bonds is 6. The van der Waals surface area contributed by atoms with Gasteiger partial charge in [-0.25, -0.2) is 13.1 Å². The lowest BCUT2D eigenvalue weighted by atomic mass is 10.1. The molecular weight excluding hydrogens is 402 g/mol. The predicted molar refractivity (Wildman–Crippen MR) is 82.0 cm³/mol. The topological polar surface area (TPSA) is 46.2 Å². The highest BCUT2D eigenvalue weighted by Gasteiger charge is 2.42. The first-order valence-corrected chi connectivity index (χ1v) is 9.92. The third-order valence-corrected chi connectivity index (χ3v) is 6.96. The van der Waals surface area contributed by atoms with E-state index in [1.165, 1.54) is 11.3 Å². The molecule has 0 atom stereocenters. The van der Waals surface area contributed by atoms with E-state index >= 15 is 0 Å². The van der Waals surface area contributed by atoms with Crippen LogP contribution in [0.2, 0.25) is 0 Å². The Hall–Kier alpha value is 0.570. The Morgan fingerprint density at radius 3 is 2.61 bits per heavy atom. The Labute approximate surface area is 129 Å². The molecular formula is C11H15Br2NO2S2. The van der Waals surface area contributed by atoms with Crippen molar-refractivity contribution in [3.63, 3.8) is 0 Å². The summed E-state index contributed by atoms with van der Waals surface area (Å²) in [7, 11) is -3.37. The largest absolute Gasteiger partial charge is 0.241 e. The van der Waals surface area contributed by atoms with Gasteiger partial charge in [0.05, 0.1) is 8.68 Å². The van der Waals surface area contributed by atoms with Gasteiger partial charge in [-0.1, -0.05) is 15.9 Å². The van der Waals surface area contributed by atoms with E-state index in [1.54, 1.807) is 6.07 Å². The Morgan fingerprint density at radius 2 is 2.17 bits per heavy atom. The summed E-state index contributed by atoms with van der Waals surface area (Å²) in [5, 5.41) is 0.928. The van der Waals surface area contributed by atoms with Crippen LogP contribution in [-0.4, -0.2) is 20.3 Å². The van der Waals surface area contributed by atoms with Crippen molar-refractivity contribution in [3.8, 4) is 0 Å². The van der Waals surface area contributed by atoms with Crippen LogP contribution < -0.4 is 4.72 Å². The van der Waals surface area contributed by atoms with Crippen molar-refractivity contribution in [1.82, 2.24) is 4.72 Å². The van der Waals surface area contributed by atoms with Gasteiger partial charge in [0, 0.05) is 16.8 Å². The van der Waals surface area contributed by atoms with E-state index in [2.05, 4.69) is 36.6 Å². The maximum Gasteiger partial charge on any atom is 0.241 e. The zero-order chi connectivity index (χ0) is 13.4. The van der Waals surface area contributed by atoms with Crippen molar-refractivity contribution in [3.05, 3.63) is 14.7 Å². The van der Waals surface area contributed by atoms with Crippen LogP contribution in [-0.2, 0) is 10.0 Å². The normalized spacial score (nSPS) is 17.9. The van der Waals surface area contributed by atoms with Crippen molar-refractivity contribution >= 4 is 53.2 Å². The minimum absolute atomic E-state index is 0.192. The fourth-order valence-electron chi connectivity index (χ4n) is 1.92. The Kier molecular flexibility index (Phi) is 4.59. The number of sulfonamides is 1. The molecule has 0 spiro atoms. The number of nitrogens with one attached hydrogen (secondary N) is 1. The third kappa shape index (κ3) is 3.36. The zero-order valence-electron chi connectivity index (χ0n) is 10.0.